The van der Waals surface area contributed by atoms with Crippen molar-refractivity contribution in [3.05, 3.63) is 62.5 Å². The van der Waals surface area contributed by atoms with Crippen LogP contribution in [0.25, 0.3) is 0 Å². The number of nitrogens with one attached hydrogen (secondary N) is 1. The zero-order chi connectivity index (χ0) is 18.5. The Kier molecular flexibility index (Phi) is 6.81. The molecule has 0 saturated carbocycles. The molecule has 1 aliphatic heterocycles. The maximum absolute atomic E-state index is 12.3. The molecule has 1 N–H and O–H groups in total. The second-order valence-electron chi connectivity index (χ2n) is 6.19. The lowest BCUT2D eigenvalue weighted by Gasteiger charge is -2.36. The Hall–Kier alpha value is -1.27. The molecule has 0 atom stereocenters. The first-order chi connectivity index (χ1) is 12.5. The molecule has 0 radical (unpaired) electrons. The summed E-state index contributed by atoms with van der Waals surface area (Å²) < 4.78 is 0.838. The topological polar surface area (TPSA) is 35.6 Å². The Morgan fingerprint density at radius 2 is 1.73 bits per heavy atom. The number of halogens is 3. The van der Waals surface area contributed by atoms with E-state index in [4.69, 9.17) is 23.2 Å². The van der Waals surface area contributed by atoms with Crippen LogP contribution in [0.2, 0.25) is 10.0 Å². The van der Waals surface area contributed by atoms with Gasteiger partial charge in [-0.1, -0.05) is 39.1 Å². The summed E-state index contributed by atoms with van der Waals surface area (Å²) in [4.78, 5) is 17.0. The summed E-state index contributed by atoms with van der Waals surface area (Å²) in [5, 5.41) is 4.17. The third-order valence-corrected chi connectivity index (χ3v) is 5.53. The molecule has 3 rings (SSSR count). The molecule has 0 aromatic heterocycles. The number of amides is 1. The monoisotopic (exact) mass is 455 g/mol. The molecule has 1 saturated heterocycles. The van der Waals surface area contributed by atoms with E-state index in [0.717, 1.165) is 42.2 Å². The van der Waals surface area contributed by atoms with Gasteiger partial charge in [-0.2, -0.15) is 0 Å². The number of hydrogen-bond acceptors (Lipinski definition) is 3. The van der Waals surface area contributed by atoms with E-state index in [2.05, 4.69) is 43.2 Å². The van der Waals surface area contributed by atoms with Crippen LogP contribution in [0.15, 0.2) is 46.9 Å². The van der Waals surface area contributed by atoms with E-state index in [9.17, 15) is 4.79 Å². The van der Waals surface area contributed by atoms with Crippen molar-refractivity contribution in [2.75, 3.05) is 44.2 Å². The Bertz CT molecular complexity index is 762. The molecule has 0 spiro atoms. The fourth-order valence-corrected chi connectivity index (χ4v) is 3.67. The van der Waals surface area contributed by atoms with Gasteiger partial charge in [-0.05, 0) is 42.5 Å². The Labute approximate surface area is 172 Å². The summed E-state index contributed by atoms with van der Waals surface area (Å²) in [7, 11) is 0. The Balaban J connectivity index is 1.43. The third-order valence-electron chi connectivity index (χ3n) is 4.45. The van der Waals surface area contributed by atoms with Crippen LogP contribution in [-0.2, 0) is 0 Å². The van der Waals surface area contributed by atoms with Crippen molar-refractivity contribution >= 4 is 50.7 Å². The number of anilines is 1. The summed E-state index contributed by atoms with van der Waals surface area (Å²) in [5.74, 6) is -0.142. The van der Waals surface area contributed by atoms with Crippen LogP contribution in [-0.4, -0.2) is 50.1 Å². The number of benzene rings is 2. The van der Waals surface area contributed by atoms with Gasteiger partial charge in [-0.25, -0.2) is 0 Å². The number of rotatable bonds is 5. The molecule has 2 aromatic rings. The van der Waals surface area contributed by atoms with E-state index in [0.29, 0.717) is 17.1 Å². The van der Waals surface area contributed by atoms with Crippen LogP contribution >= 0.6 is 39.1 Å². The predicted molar refractivity (Wildman–Crippen MR) is 112 cm³/mol. The minimum atomic E-state index is -0.142. The molecule has 4 nitrogen and oxygen atoms in total. The fraction of sp³-hybridized carbons (Fsp3) is 0.316. The molecule has 0 unspecified atom stereocenters. The first-order valence-corrected chi connectivity index (χ1v) is 10.0. The lowest BCUT2D eigenvalue weighted by molar-refractivity contribution is 0.0948. The smallest absolute Gasteiger partial charge is 0.252 e. The molecular weight excluding hydrogens is 437 g/mol. The largest absolute Gasteiger partial charge is 0.369 e. The van der Waals surface area contributed by atoms with Gasteiger partial charge in [-0.3, -0.25) is 9.69 Å². The zero-order valence-electron chi connectivity index (χ0n) is 14.2. The van der Waals surface area contributed by atoms with Gasteiger partial charge in [0.15, 0.2) is 0 Å². The standard InChI is InChI=1S/C19H20BrCl2N3O/c20-14-1-6-18(22)17(13-14)19(26)23-7-8-24-9-11-25(12-10-24)16-4-2-15(21)3-5-16/h1-6,13H,7-12H2,(H,23,26). The van der Waals surface area contributed by atoms with Crippen LogP contribution in [0.1, 0.15) is 10.4 Å². The van der Waals surface area contributed by atoms with Gasteiger partial charge in [0.05, 0.1) is 10.6 Å². The number of carbonyl (C=O) groups is 1. The van der Waals surface area contributed by atoms with Crippen LogP contribution in [0.5, 0.6) is 0 Å². The maximum atomic E-state index is 12.3. The van der Waals surface area contributed by atoms with Crippen LogP contribution in [0.4, 0.5) is 5.69 Å². The average molecular weight is 457 g/mol. The van der Waals surface area contributed by atoms with Crippen molar-refractivity contribution in [1.29, 1.82) is 0 Å². The first kappa shape index (κ1) is 19.5. The van der Waals surface area contributed by atoms with E-state index in [1.54, 1.807) is 12.1 Å². The Morgan fingerprint density at radius 1 is 1.04 bits per heavy atom. The molecule has 1 amide bonds. The van der Waals surface area contributed by atoms with Crippen molar-refractivity contribution in [2.45, 2.75) is 0 Å². The van der Waals surface area contributed by atoms with Crippen molar-refractivity contribution in [2.24, 2.45) is 0 Å². The van der Waals surface area contributed by atoms with Gasteiger partial charge in [0.2, 0.25) is 0 Å². The summed E-state index contributed by atoms with van der Waals surface area (Å²) in [6, 6.07) is 13.2. The van der Waals surface area contributed by atoms with Crippen molar-refractivity contribution in [1.82, 2.24) is 10.2 Å². The highest BCUT2D eigenvalue weighted by atomic mass is 79.9. The molecule has 0 aliphatic carbocycles. The minimum absolute atomic E-state index is 0.142. The quantitative estimate of drug-likeness (QED) is 0.728. The predicted octanol–water partition coefficient (Wildman–Crippen LogP) is 4.31. The second kappa shape index (κ2) is 9.09. The lowest BCUT2D eigenvalue weighted by Crippen LogP contribution is -2.48. The van der Waals surface area contributed by atoms with Gasteiger partial charge >= 0.3 is 0 Å². The van der Waals surface area contributed by atoms with Crippen molar-refractivity contribution in [3.8, 4) is 0 Å². The van der Waals surface area contributed by atoms with Gasteiger partial charge in [-0.15, -0.1) is 0 Å². The van der Waals surface area contributed by atoms with Crippen molar-refractivity contribution < 1.29 is 4.79 Å². The van der Waals surface area contributed by atoms with Crippen LogP contribution < -0.4 is 10.2 Å². The maximum Gasteiger partial charge on any atom is 0.252 e. The van der Waals surface area contributed by atoms with E-state index < -0.39 is 0 Å². The molecular formula is C19H20BrCl2N3O. The molecule has 1 heterocycles. The summed E-state index contributed by atoms with van der Waals surface area (Å²) in [5.41, 5.74) is 1.69. The van der Waals surface area contributed by atoms with Gasteiger partial charge in [0.25, 0.3) is 5.91 Å². The highest BCUT2D eigenvalue weighted by Gasteiger charge is 2.17. The Morgan fingerprint density at radius 3 is 2.42 bits per heavy atom. The summed E-state index contributed by atoms with van der Waals surface area (Å²) in [6.45, 7) is 5.29. The number of carbonyl (C=O) groups excluding carboxylic acids is 1. The SMILES string of the molecule is O=C(NCCN1CCN(c2ccc(Cl)cc2)CC1)c1cc(Br)ccc1Cl. The third kappa shape index (κ3) is 5.13. The summed E-state index contributed by atoms with van der Waals surface area (Å²) >= 11 is 15.4. The second-order valence-corrected chi connectivity index (χ2v) is 7.94. The normalized spacial score (nSPS) is 15.1. The number of nitrogens with zero attached hydrogens (tertiary/aromatic N) is 2. The van der Waals surface area contributed by atoms with Gasteiger partial charge in [0.1, 0.15) is 0 Å². The molecule has 0 bridgehead atoms. The van der Waals surface area contributed by atoms with Crippen LogP contribution in [0, 0.1) is 0 Å². The van der Waals surface area contributed by atoms with E-state index in [-0.39, 0.29) is 5.91 Å². The van der Waals surface area contributed by atoms with E-state index in [1.807, 2.05) is 18.2 Å². The van der Waals surface area contributed by atoms with Crippen molar-refractivity contribution in [3.63, 3.8) is 0 Å². The molecule has 7 heteroatoms. The average Bonchev–Trinajstić information content (AvgIpc) is 2.65. The molecule has 2 aromatic carbocycles. The number of hydrogen-bond donors (Lipinski definition) is 1. The molecule has 1 aliphatic rings. The fourth-order valence-electron chi connectivity index (χ4n) is 2.98. The lowest BCUT2D eigenvalue weighted by atomic mass is 10.2. The number of piperazine rings is 1. The minimum Gasteiger partial charge on any atom is -0.369 e. The van der Waals surface area contributed by atoms with Crippen LogP contribution in [0.3, 0.4) is 0 Å². The van der Waals surface area contributed by atoms with Gasteiger partial charge in [0, 0.05) is 54.5 Å². The van der Waals surface area contributed by atoms with E-state index >= 15 is 0 Å². The first-order valence-electron chi connectivity index (χ1n) is 8.49. The highest BCUT2D eigenvalue weighted by Crippen LogP contribution is 2.21. The van der Waals surface area contributed by atoms with E-state index in [1.165, 1.54) is 5.69 Å². The molecule has 1 fully saturated rings. The zero-order valence-corrected chi connectivity index (χ0v) is 17.3. The molecule has 26 heavy (non-hydrogen) atoms. The highest BCUT2D eigenvalue weighted by molar-refractivity contribution is 9.10. The molecule has 138 valence electrons. The van der Waals surface area contributed by atoms with Gasteiger partial charge < -0.3 is 10.2 Å². The summed E-state index contributed by atoms with van der Waals surface area (Å²) in [6.07, 6.45) is 0.